The number of nitro groups is 1. The lowest BCUT2D eigenvalue weighted by Crippen LogP contribution is -2.19. The van der Waals surface area contributed by atoms with Crippen LogP contribution in [0.2, 0.25) is 0 Å². The van der Waals surface area contributed by atoms with E-state index >= 15 is 0 Å². The van der Waals surface area contributed by atoms with Gasteiger partial charge < -0.3 is 5.32 Å². The monoisotopic (exact) mass is 265 g/mol. The van der Waals surface area contributed by atoms with Gasteiger partial charge in [0.05, 0.1) is 4.92 Å². The van der Waals surface area contributed by atoms with Crippen LogP contribution in [0.25, 0.3) is 0 Å². The first kappa shape index (κ1) is 14.3. The minimum atomic E-state index is -0.513. The van der Waals surface area contributed by atoms with Crippen molar-refractivity contribution in [2.45, 2.75) is 19.9 Å². The number of nitrogens with zero attached hydrogens (tertiary/aromatic N) is 2. The first-order chi connectivity index (χ1) is 8.60. The van der Waals surface area contributed by atoms with Gasteiger partial charge in [0.2, 0.25) is 0 Å². The molecule has 1 atom stereocenters. The summed E-state index contributed by atoms with van der Waals surface area (Å²) < 4.78 is 0. The molecule has 0 aliphatic heterocycles. The van der Waals surface area contributed by atoms with E-state index in [1.165, 1.54) is 6.07 Å². The molecule has 1 aromatic rings. The highest BCUT2D eigenvalue weighted by atomic mass is 32.2. The third-order valence-corrected chi connectivity index (χ3v) is 3.46. The number of nitro benzene ring substituents is 1. The molecule has 1 aromatic carbocycles. The van der Waals surface area contributed by atoms with Crippen molar-refractivity contribution in [1.82, 2.24) is 0 Å². The summed E-state index contributed by atoms with van der Waals surface area (Å²) in [7, 11) is 0. The number of para-hydroxylation sites is 1. The molecule has 1 rings (SSSR count). The Labute approximate surface area is 110 Å². The lowest BCUT2D eigenvalue weighted by Gasteiger charge is -2.14. The Morgan fingerprint density at radius 1 is 1.61 bits per heavy atom. The van der Waals surface area contributed by atoms with Crippen molar-refractivity contribution in [2.75, 3.05) is 16.8 Å². The summed E-state index contributed by atoms with van der Waals surface area (Å²) in [6.45, 7) is 4.03. The molecule has 0 spiro atoms. The molecule has 96 valence electrons. The topological polar surface area (TPSA) is 79.0 Å². The van der Waals surface area contributed by atoms with E-state index in [0.717, 1.165) is 11.5 Å². The van der Waals surface area contributed by atoms with Gasteiger partial charge in [-0.3, -0.25) is 10.1 Å². The van der Waals surface area contributed by atoms with Crippen LogP contribution in [-0.2, 0) is 0 Å². The number of thioether (sulfide) groups is 1. The zero-order chi connectivity index (χ0) is 13.5. The molecule has 1 N–H and O–H groups in total. The first-order valence-electron chi connectivity index (χ1n) is 5.62. The van der Waals surface area contributed by atoms with Gasteiger partial charge >= 0.3 is 5.69 Å². The van der Waals surface area contributed by atoms with Crippen molar-refractivity contribution in [1.29, 1.82) is 5.26 Å². The van der Waals surface area contributed by atoms with Crippen LogP contribution >= 0.6 is 11.8 Å². The van der Waals surface area contributed by atoms with Crippen LogP contribution in [0.4, 0.5) is 11.4 Å². The van der Waals surface area contributed by atoms with Gasteiger partial charge in [-0.15, -0.1) is 0 Å². The van der Waals surface area contributed by atoms with Crippen molar-refractivity contribution >= 4 is 23.1 Å². The molecule has 6 heteroatoms. The fourth-order valence-electron chi connectivity index (χ4n) is 1.55. The summed E-state index contributed by atoms with van der Waals surface area (Å²) in [5, 5.41) is 23.0. The number of nitrogens with one attached hydrogen (secondary N) is 1. The number of anilines is 1. The van der Waals surface area contributed by atoms with Crippen LogP contribution in [0.15, 0.2) is 18.2 Å². The summed E-state index contributed by atoms with van der Waals surface area (Å²) in [5.41, 5.74) is 0.344. The van der Waals surface area contributed by atoms with Crippen LogP contribution in [0.1, 0.15) is 19.4 Å². The maximum Gasteiger partial charge on any atom is 0.309 e. The maximum absolute atomic E-state index is 11.0. The molecular weight excluding hydrogens is 250 g/mol. The Balaban J connectivity index is 2.95. The lowest BCUT2D eigenvalue weighted by atomic mass is 10.1. The second-order valence-corrected chi connectivity index (χ2v) is 5.09. The van der Waals surface area contributed by atoms with E-state index in [2.05, 4.69) is 12.2 Å². The van der Waals surface area contributed by atoms with Gasteiger partial charge in [0, 0.05) is 11.8 Å². The van der Waals surface area contributed by atoms with Crippen molar-refractivity contribution in [2.24, 2.45) is 0 Å². The number of hydrogen-bond donors (Lipinski definition) is 1. The van der Waals surface area contributed by atoms with Gasteiger partial charge in [-0.1, -0.05) is 13.0 Å². The summed E-state index contributed by atoms with van der Waals surface area (Å²) in [6.07, 6.45) is 0. The largest absolute Gasteiger partial charge is 0.376 e. The maximum atomic E-state index is 11.0. The molecule has 0 fully saturated rings. The van der Waals surface area contributed by atoms with Gasteiger partial charge in [0.1, 0.15) is 17.3 Å². The van der Waals surface area contributed by atoms with E-state index in [1.807, 2.05) is 13.0 Å². The van der Waals surface area contributed by atoms with Gasteiger partial charge in [-0.25, -0.2) is 0 Å². The van der Waals surface area contributed by atoms with E-state index in [0.29, 0.717) is 5.69 Å². The summed E-state index contributed by atoms with van der Waals surface area (Å²) in [5.74, 6) is 1.87. The number of benzene rings is 1. The minimum absolute atomic E-state index is 0.0837. The lowest BCUT2D eigenvalue weighted by molar-refractivity contribution is -0.384. The molecule has 18 heavy (non-hydrogen) atoms. The molecule has 0 heterocycles. The Bertz CT molecular complexity index is 471. The molecule has 0 amide bonds. The highest BCUT2D eigenvalue weighted by Crippen LogP contribution is 2.28. The number of nitriles is 1. The molecule has 0 saturated carbocycles. The van der Waals surface area contributed by atoms with Crippen LogP contribution in [-0.4, -0.2) is 22.5 Å². The molecule has 1 unspecified atom stereocenters. The van der Waals surface area contributed by atoms with Crippen molar-refractivity contribution in [3.8, 4) is 6.07 Å². The molecule has 0 bridgehead atoms. The van der Waals surface area contributed by atoms with Crippen LogP contribution in [0.3, 0.4) is 0 Å². The van der Waals surface area contributed by atoms with E-state index in [-0.39, 0.29) is 17.3 Å². The zero-order valence-electron chi connectivity index (χ0n) is 10.3. The Hall–Kier alpha value is -1.74. The normalized spacial score (nSPS) is 11.6. The molecule has 0 aliphatic carbocycles. The molecule has 0 saturated heterocycles. The highest BCUT2D eigenvalue weighted by Gasteiger charge is 2.20. The molecule has 0 aliphatic rings. The second-order valence-electron chi connectivity index (χ2n) is 3.78. The fraction of sp³-hybridized carbons (Fsp3) is 0.417. The Morgan fingerprint density at radius 2 is 2.33 bits per heavy atom. The fourth-order valence-corrected chi connectivity index (χ4v) is 2.22. The zero-order valence-corrected chi connectivity index (χ0v) is 11.2. The van der Waals surface area contributed by atoms with Crippen LogP contribution in [0.5, 0.6) is 0 Å². The predicted octanol–water partition coefficient (Wildman–Crippen LogP) is 3.02. The highest BCUT2D eigenvalue weighted by molar-refractivity contribution is 7.99. The number of rotatable bonds is 6. The Morgan fingerprint density at radius 3 is 2.89 bits per heavy atom. The SMILES string of the molecule is CCSCC(C)Nc1cccc(C#N)c1[N+](=O)[O-]. The summed E-state index contributed by atoms with van der Waals surface area (Å²) in [4.78, 5) is 10.5. The average molecular weight is 265 g/mol. The van der Waals surface area contributed by atoms with Crippen molar-refractivity contribution in [3.63, 3.8) is 0 Å². The van der Waals surface area contributed by atoms with Crippen molar-refractivity contribution < 1.29 is 4.92 Å². The van der Waals surface area contributed by atoms with Gasteiger partial charge in [0.25, 0.3) is 0 Å². The third-order valence-electron chi connectivity index (χ3n) is 2.31. The average Bonchev–Trinajstić information content (AvgIpc) is 2.35. The molecule has 0 aromatic heterocycles. The van der Waals surface area contributed by atoms with E-state index in [9.17, 15) is 10.1 Å². The molecular formula is C12H15N3O2S. The standard InChI is InChI=1S/C12H15N3O2S/c1-3-18-8-9(2)14-11-6-4-5-10(7-13)12(11)15(16)17/h4-6,9,14H,3,8H2,1-2H3. The van der Waals surface area contributed by atoms with Gasteiger partial charge in [-0.2, -0.15) is 17.0 Å². The Kier molecular flexibility index (Phi) is 5.46. The third kappa shape index (κ3) is 3.64. The van der Waals surface area contributed by atoms with Crippen molar-refractivity contribution in [3.05, 3.63) is 33.9 Å². The number of hydrogen-bond acceptors (Lipinski definition) is 5. The second kappa shape index (κ2) is 6.87. The summed E-state index contributed by atoms with van der Waals surface area (Å²) in [6, 6.07) is 6.69. The molecule has 5 nitrogen and oxygen atoms in total. The van der Waals surface area contributed by atoms with Gasteiger partial charge in [0.15, 0.2) is 0 Å². The van der Waals surface area contributed by atoms with Gasteiger partial charge in [-0.05, 0) is 24.8 Å². The predicted molar refractivity (Wildman–Crippen MR) is 73.9 cm³/mol. The van der Waals surface area contributed by atoms with Crippen LogP contribution < -0.4 is 5.32 Å². The smallest absolute Gasteiger partial charge is 0.309 e. The van der Waals surface area contributed by atoms with E-state index in [1.54, 1.807) is 23.9 Å². The summed E-state index contributed by atoms with van der Waals surface area (Å²) >= 11 is 1.76. The molecule has 0 radical (unpaired) electrons. The first-order valence-corrected chi connectivity index (χ1v) is 6.77. The minimum Gasteiger partial charge on any atom is -0.376 e. The van der Waals surface area contributed by atoms with Crippen LogP contribution in [0, 0.1) is 21.4 Å². The quantitative estimate of drug-likeness (QED) is 0.631. The van der Waals surface area contributed by atoms with E-state index in [4.69, 9.17) is 5.26 Å². The van der Waals surface area contributed by atoms with E-state index < -0.39 is 4.92 Å².